The van der Waals surface area contributed by atoms with Crippen LogP contribution in [0.15, 0.2) is 53.1 Å². The second-order valence-corrected chi connectivity index (χ2v) is 7.13. The number of hydrogen-bond acceptors (Lipinski definition) is 6. The van der Waals surface area contributed by atoms with Gasteiger partial charge in [-0.1, -0.05) is 25.1 Å². The molecule has 0 radical (unpaired) electrons. The van der Waals surface area contributed by atoms with Gasteiger partial charge < -0.3 is 14.6 Å². The van der Waals surface area contributed by atoms with Crippen LogP contribution in [0.3, 0.4) is 0 Å². The number of hydrogen-bond donors (Lipinski definition) is 1. The van der Waals surface area contributed by atoms with Crippen LogP contribution >= 0.6 is 0 Å². The van der Waals surface area contributed by atoms with E-state index in [1.54, 1.807) is 6.20 Å². The minimum absolute atomic E-state index is 0.483. The molecule has 2 aromatic heterocycles. The van der Waals surface area contributed by atoms with E-state index in [1.807, 2.05) is 42.5 Å². The lowest BCUT2D eigenvalue weighted by Gasteiger charge is -2.30. The summed E-state index contributed by atoms with van der Waals surface area (Å²) in [4.78, 5) is 6.98. The Morgan fingerprint density at radius 3 is 2.63 bits per heavy atom. The molecule has 0 unspecified atom stereocenters. The molecule has 0 spiro atoms. The Balaban J connectivity index is 1.43. The zero-order valence-corrected chi connectivity index (χ0v) is 15.6. The van der Waals surface area contributed by atoms with Crippen LogP contribution in [-0.2, 0) is 0 Å². The van der Waals surface area contributed by atoms with E-state index in [0.717, 1.165) is 36.0 Å². The number of nitrogens with one attached hydrogen (secondary N) is 1. The van der Waals surface area contributed by atoms with Gasteiger partial charge in [-0.2, -0.15) is 0 Å². The number of piperidine rings is 1. The molecular formula is C21H25N5O. The van der Waals surface area contributed by atoms with Crippen molar-refractivity contribution in [2.45, 2.75) is 19.8 Å². The number of likely N-dealkylation sites (tertiary alicyclic amines) is 1. The highest BCUT2D eigenvalue weighted by Crippen LogP contribution is 2.27. The van der Waals surface area contributed by atoms with Crippen LogP contribution in [0, 0.1) is 5.92 Å². The standard InChI is InChI=1S/C21H25N5O/c1-16-9-13-26(14-10-16)15-12-23-19-18(8-5-11-22-19)21-25-24-20(27-21)17-6-3-2-4-7-17/h2-8,11,16H,9-10,12-15H2,1H3,(H,22,23). The van der Waals surface area contributed by atoms with Crippen molar-refractivity contribution >= 4 is 5.82 Å². The molecule has 1 aromatic carbocycles. The van der Waals surface area contributed by atoms with Crippen LogP contribution in [0.1, 0.15) is 19.8 Å². The van der Waals surface area contributed by atoms with Gasteiger partial charge in [0.15, 0.2) is 0 Å². The molecule has 6 nitrogen and oxygen atoms in total. The fraction of sp³-hybridized carbons (Fsp3) is 0.381. The monoisotopic (exact) mass is 363 g/mol. The highest BCUT2D eigenvalue weighted by atomic mass is 16.4. The maximum Gasteiger partial charge on any atom is 0.251 e. The number of pyridine rings is 1. The van der Waals surface area contributed by atoms with Crippen molar-refractivity contribution in [1.29, 1.82) is 0 Å². The number of rotatable bonds is 6. The molecule has 140 valence electrons. The van der Waals surface area contributed by atoms with Crippen molar-refractivity contribution in [3.8, 4) is 22.9 Å². The van der Waals surface area contributed by atoms with E-state index in [1.165, 1.54) is 25.9 Å². The van der Waals surface area contributed by atoms with Gasteiger partial charge in [-0.05, 0) is 56.1 Å². The van der Waals surface area contributed by atoms with Gasteiger partial charge in [0, 0.05) is 24.8 Å². The van der Waals surface area contributed by atoms with Crippen LogP contribution in [0.4, 0.5) is 5.82 Å². The van der Waals surface area contributed by atoms with Gasteiger partial charge >= 0.3 is 0 Å². The molecule has 0 amide bonds. The predicted molar refractivity (Wildman–Crippen MR) is 106 cm³/mol. The Hall–Kier alpha value is -2.73. The van der Waals surface area contributed by atoms with E-state index < -0.39 is 0 Å². The van der Waals surface area contributed by atoms with Crippen molar-refractivity contribution in [2.75, 3.05) is 31.5 Å². The molecule has 1 aliphatic heterocycles. The van der Waals surface area contributed by atoms with Crippen molar-refractivity contribution in [3.63, 3.8) is 0 Å². The quantitative estimate of drug-likeness (QED) is 0.715. The van der Waals surface area contributed by atoms with Crippen molar-refractivity contribution in [2.24, 2.45) is 5.92 Å². The van der Waals surface area contributed by atoms with Gasteiger partial charge in [-0.15, -0.1) is 10.2 Å². The van der Waals surface area contributed by atoms with Gasteiger partial charge in [0.05, 0.1) is 5.56 Å². The average Bonchev–Trinajstić information content (AvgIpc) is 3.21. The Kier molecular flexibility index (Phi) is 5.44. The second kappa shape index (κ2) is 8.31. The van der Waals surface area contributed by atoms with Gasteiger partial charge in [-0.25, -0.2) is 4.98 Å². The summed E-state index contributed by atoms with van der Waals surface area (Å²) >= 11 is 0. The molecule has 1 aliphatic rings. The largest absolute Gasteiger partial charge is 0.416 e. The molecule has 0 aliphatic carbocycles. The average molecular weight is 363 g/mol. The fourth-order valence-electron chi connectivity index (χ4n) is 3.37. The first-order valence-electron chi connectivity index (χ1n) is 9.60. The summed E-state index contributed by atoms with van der Waals surface area (Å²) in [6, 6.07) is 13.6. The van der Waals surface area contributed by atoms with E-state index >= 15 is 0 Å². The van der Waals surface area contributed by atoms with Crippen molar-refractivity contribution in [1.82, 2.24) is 20.1 Å². The highest BCUT2D eigenvalue weighted by Gasteiger charge is 2.17. The third kappa shape index (κ3) is 4.34. The van der Waals surface area contributed by atoms with E-state index in [-0.39, 0.29) is 0 Å². The lowest BCUT2D eigenvalue weighted by Crippen LogP contribution is -2.36. The molecule has 1 fully saturated rings. The Labute approximate surface area is 159 Å². The van der Waals surface area contributed by atoms with Crippen molar-refractivity contribution in [3.05, 3.63) is 48.7 Å². The molecular weight excluding hydrogens is 338 g/mol. The molecule has 6 heteroatoms. The number of anilines is 1. The molecule has 1 saturated heterocycles. The molecule has 3 aromatic rings. The first kappa shape index (κ1) is 17.7. The molecule has 27 heavy (non-hydrogen) atoms. The summed E-state index contributed by atoms with van der Waals surface area (Å²) in [5.74, 6) is 2.64. The van der Waals surface area contributed by atoms with Gasteiger partial charge in [0.25, 0.3) is 5.89 Å². The summed E-state index contributed by atoms with van der Waals surface area (Å²) in [5, 5.41) is 11.8. The summed E-state index contributed by atoms with van der Waals surface area (Å²) in [7, 11) is 0. The van der Waals surface area contributed by atoms with E-state index in [2.05, 4.69) is 32.3 Å². The zero-order valence-electron chi connectivity index (χ0n) is 15.6. The number of nitrogens with zero attached hydrogens (tertiary/aromatic N) is 4. The minimum Gasteiger partial charge on any atom is -0.416 e. The topological polar surface area (TPSA) is 67.1 Å². The van der Waals surface area contributed by atoms with Gasteiger partial charge in [0.2, 0.25) is 5.89 Å². The van der Waals surface area contributed by atoms with E-state index in [0.29, 0.717) is 11.8 Å². The normalized spacial score (nSPS) is 15.7. The van der Waals surface area contributed by atoms with E-state index in [9.17, 15) is 0 Å². The maximum atomic E-state index is 5.89. The second-order valence-electron chi connectivity index (χ2n) is 7.13. The molecule has 4 rings (SSSR count). The first-order valence-corrected chi connectivity index (χ1v) is 9.60. The lowest BCUT2D eigenvalue weighted by molar-refractivity contribution is 0.199. The first-order chi connectivity index (χ1) is 13.3. The Morgan fingerprint density at radius 1 is 1.04 bits per heavy atom. The van der Waals surface area contributed by atoms with E-state index in [4.69, 9.17) is 4.42 Å². The number of aromatic nitrogens is 3. The van der Waals surface area contributed by atoms with Crippen molar-refractivity contribution < 1.29 is 4.42 Å². The summed E-state index contributed by atoms with van der Waals surface area (Å²) in [5.41, 5.74) is 1.74. The smallest absolute Gasteiger partial charge is 0.251 e. The molecule has 3 heterocycles. The Morgan fingerprint density at radius 2 is 1.81 bits per heavy atom. The van der Waals surface area contributed by atoms with Crippen LogP contribution in [0.5, 0.6) is 0 Å². The van der Waals surface area contributed by atoms with Crippen LogP contribution in [-0.4, -0.2) is 46.3 Å². The van der Waals surface area contributed by atoms with Crippen LogP contribution in [0.2, 0.25) is 0 Å². The molecule has 0 saturated carbocycles. The van der Waals surface area contributed by atoms with Gasteiger partial charge in [-0.3, -0.25) is 0 Å². The third-order valence-corrected chi connectivity index (χ3v) is 5.08. The predicted octanol–water partition coefficient (Wildman–Crippen LogP) is 3.94. The molecule has 0 atom stereocenters. The summed E-state index contributed by atoms with van der Waals surface area (Å²) in [6.45, 7) is 6.56. The van der Waals surface area contributed by atoms with Crippen LogP contribution in [0.25, 0.3) is 22.9 Å². The third-order valence-electron chi connectivity index (χ3n) is 5.08. The highest BCUT2D eigenvalue weighted by molar-refractivity contribution is 5.69. The SMILES string of the molecule is CC1CCN(CCNc2ncccc2-c2nnc(-c3ccccc3)o2)CC1. The summed E-state index contributed by atoms with van der Waals surface area (Å²) in [6.07, 6.45) is 4.36. The fourth-order valence-corrected chi connectivity index (χ4v) is 3.37. The summed E-state index contributed by atoms with van der Waals surface area (Å²) < 4.78 is 5.89. The molecule has 1 N–H and O–H groups in total. The van der Waals surface area contributed by atoms with Gasteiger partial charge in [0.1, 0.15) is 5.82 Å². The zero-order chi connectivity index (χ0) is 18.5. The number of benzene rings is 1. The minimum atomic E-state index is 0.483. The maximum absolute atomic E-state index is 5.89. The Bertz CT molecular complexity index is 856. The lowest BCUT2D eigenvalue weighted by atomic mass is 9.99. The van der Waals surface area contributed by atoms with Crippen LogP contribution < -0.4 is 5.32 Å². The molecule has 0 bridgehead atoms.